The third kappa shape index (κ3) is 1.99. The van der Waals surface area contributed by atoms with E-state index in [1.54, 1.807) is 6.92 Å². The molecule has 0 fully saturated rings. The molecule has 0 aliphatic carbocycles. The van der Waals surface area contributed by atoms with E-state index in [2.05, 4.69) is 0 Å². The molecule has 0 aliphatic heterocycles. The van der Waals surface area contributed by atoms with Crippen LogP contribution in [-0.2, 0) is 4.79 Å². The lowest BCUT2D eigenvalue weighted by molar-refractivity contribution is -0.124. The van der Waals surface area contributed by atoms with E-state index in [0.717, 1.165) is 11.4 Å². The first-order valence-corrected chi connectivity index (χ1v) is 5.64. The van der Waals surface area contributed by atoms with Crippen LogP contribution in [0.2, 0.25) is 0 Å². The van der Waals surface area contributed by atoms with Gasteiger partial charge < -0.3 is 0 Å². The van der Waals surface area contributed by atoms with Gasteiger partial charge in [-0.25, -0.2) is 4.79 Å². The van der Waals surface area contributed by atoms with Crippen LogP contribution in [0.3, 0.4) is 0 Å². The number of carbonyl (C=O) groups is 1. The molecule has 2 rings (SSSR count). The van der Waals surface area contributed by atoms with Crippen LogP contribution >= 0.6 is 0 Å². The third-order valence-electron chi connectivity index (χ3n) is 3.17. The summed E-state index contributed by atoms with van der Waals surface area (Å²) in [5, 5.41) is 0. The Hall–Kier alpha value is -1.93. The number of rotatable bonds is 2. The Balaban J connectivity index is 2.59. The first-order valence-electron chi connectivity index (χ1n) is 5.64. The van der Waals surface area contributed by atoms with E-state index in [1.807, 2.05) is 67.7 Å². The lowest BCUT2D eigenvalue weighted by Gasteiger charge is -2.29. The summed E-state index contributed by atoms with van der Waals surface area (Å²) in [6, 6.07) is 19.7. The molecule has 0 N–H and O–H groups in total. The van der Waals surface area contributed by atoms with Gasteiger partial charge in [0.1, 0.15) is 11.4 Å². The first kappa shape index (κ1) is 11.6. The second kappa shape index (κ2) is 4.52. The molecule has 0 saturated carbocycles. The molecule has 0 radical (unpaired) electrons. The highest BCUT2D eigenvalue weighted by Gasteiger charge is 2.33. The van der Waals surface area contributed by atoms with Crippen LogP contribution < -0.4 is 4.48 Å². The van der Waals surface area contributed by atoms with E-state index in [-0.39, 0.29) is 10.4 Å². The highest BCUT2D eigenvalue weighted by Crippen LogP contribution is 2.32. The lowest BCUT2D eigenvalue weighted by atomic mass is 10.2. The van der Waals surface area contributed by atoms with Gasteiger partial charge in [0, 0.05) is 24.3 Å². The van der Waals surface area contributed by atoms with E-state index in [0.29, 0.717) is 0 Å². The fourth-order valence-electron chi connectivity index (χ4n) is 1.96. The highest BCUT2D eigenvalue weighted by molar-refractivity contribution is 5.92. The minimum atomic E-state index is 0.0994. The molecule has 0 saturated heterocycles. The average molecular weight is 226 g/mol. The van der Waals surface area contributed by atoms with Crippen LogP contribution in [0.1, 0.15) is 6.92 Å². The van der Waals surface area contributed by atoms with Crippen molar-refractivity contribution in [2.24, 2.45) is 0 Å². The Morgan fingerprint density at radius 2 is 1.18 bits per heavy atom. The molecule has 0 aromatic heterocycles. The van der Waals surface area contributed by atoms with Crippen LogP contribution in [-0.4, -0.2) is 13.0 Å². The maximum Gasteiger partial charge on any atom is 0.320 e. The summed E-state index contributed by atoms with van der Waals surface area (Å²) in [6.45, 7) is 1.62. The van der Waals surface area contributed by atoms with Gasteiger partial charge in [-0.2, -0.15) is 4.48 Å². The molecule has 0 bridgehead atoms. The number of carbonyl (C=O) groups excluding carboxylic acids is 1. The summed E-state index contributed by atoms with van der Waals surface area (Å²) < 4.78 is 0.196. The summed E-state index contributed by atoms with van der Waals surface area (Å²) in [5.41, 5.74) is 1.96. The Bertz CT molecular complexity index is 465. The Morgan fingerprint density at radius 3 is 1.47 bits per heavy atom. The molecule has 2 heteroatoms. The van der Waals surface area contributed by atoms with Gasteiger partial charge in [-0.1, -0.05) is 36.4 Å². The van der Waals surface area contributed by atoms with Gasteiger partial charge in [0.15, 0.2) is 0 Å². The van der Waals surface area contributed by atoms with Gasteiger partial charge in [0.2, 0.25) is 0 Å². The summed E-state index contributed by atoms with van der Waals surface area (Å²) >= 11 is 0. The minimum Gasteiger partial charge on any atom is -0.230 e. The van der Waals surface area contributed by atoms with Crippen LogP contribution in [0.25, 0.3) is 0 Å². The number of hydrogen-bond acceptors (Lipinski definition) is 1. The number of amides is 1. The monoisotopic (exact) mass is 226 g/mol. The number of para-hydroxylation sites is 2. The lowest BCUT2D eigenvalue weighted by Crippen LogP contribution is -2.44. The van der Waals surface area contributed by atoms with E-state index in [4.69, 9.17) is 0 Å². The maximum absolute atomic E-state index is 12.0. The van der Waals surface area contributed by atoms with E-state index >= 15 is 0 Å². The molecule has 0 heterocycles. The number of benzene rings is 2. The zero-order chi connectivity index (χ0) is 12.3. The zero-order valence-corrected chi connectivity index (χ0v) is 10.1. The van der Waals surface area contributed by atoms with Crippen molar-refractivity contribution in [1.29, 1.82) is 0 Å². The molecule has 0 aliphatic rings. The van der Waals surface area contributed by atoms with Gasteiger partial charge in [0.05, 0.1) is 14.0 Å². The van der Waals surface area contributed by atoms with Gasteiger partial charge in [-0.05, 0) is 0 Å². The largest absolute Gasteiger partial charge is 0.320 e. The predicted octanol–water partition coefficient (Wildman–Crippen LogP) is 3.50. The quantitative estimate of drug-likeness (QED) is 0.716. The van der Waals surface area contributed by atoms with E-state index in [1.165, 1.54) is 0 Å². The fraction of sp³-hybridized carbons (Fsp3) is 0.133. The summed E-state index contributed by atoms with van der Waals surface area (Å²) in [6.07, 6.45) is 0. The SMILES string of the molecule is CC(=O)[N+](C)(c1ccccc1)c1ccccc1. The molecule has 86 valence electrons. The van der Waals surface area contributed by atoms with Crippen LogP contribution in [0, 0.1) is 0 Å². The summed E-state index contributed by atoms with van der Waals surface area (Å²) in [7, 11) is 1.92. The van der Waals surface area contributed by atoms with Crippen LogP contribution in [0.4, 0.5) is 11.4 Å². The van der Waals surface area contributed by atoms with Crippen molar-refractivity contribution in [3.05, 3.63) is 60.7 Å². The van der Waals surface area contributed by atoms with Crippen LogP contribution in [0.5, 0.6) is 0 Å². The molecule has 2 aromatic rings. The summed E-state index contributed by atoms with van der Waals surface area (Å²) in [4.78, 5) is 12.0. The van der Waals surface area contributed by atoms with Crippen molar-refractivity contribution < 1.29 is 4.79 Å². The highest BCUT2D eigenvalue weighted by atomic mass is 16.2. The van der Waals surface area contributed by atoms with Gasteiger partial charge >= 0.3 is 5.91 Å². The van der Waals surface area contributed by atoms with Crippen molar-refractivity contribution in [2.75, 3.05) is 7.05 Å². The second-order valence-electron chi connectivity index (χ2n) is 4.20. The zero-order valence-electron chi connectivity index (χ0n) is 10.1. The standard InChI is InChI=1S/C15H16NO/c1-13(17)16(2,14-9-5-3-6-10-14)15-11-7-4-8-12-15/h3-12H,1-2H3/q+1. The smallest absolute Gasteiger partial charge is 0.230 e. The van der Waals surface area contributed by atoms with Gasteiger partial charge in [0.25, 0.3) is 0 Å². The molecular weight excluding hydrogens is 210 g/mol. The first-order chi connectivity index (χ1) is 8.15. The normalized spacial score (nSPS) is 11.2. The summed E-state index contributed by atoms with van der Waals surface area (Å²) in [5.74, 6) is 0.0994. The molecule has 1 amide bonds. The molecule has 17 heavy (non-hydrogen) atoms. The van der Waals surface area contributed by atoms with Crippen molar-refractivity contribution in [2.45, 2.75) is 6.92 Å². The Kier molecular flexibility index (Phi) is 3.07. The molecule has 0 spiro atoms. The second-order valence-corrected chi connectivity index (χ2v) is 4.20. The molecule has 2 aromatic carbocycles. The topological polar surface area (TPSA) is 17.1 Å². The molecule has 0 unspecified atom stereocenters. The minimum absolute atomic E-state index is 0.0994. The van der Waals surface area contributed by atoms with Crippen molar-refractivity contribution in [3.63, 3.8) is 0 Å². The predicted molar refractivity (Wildman–Crippen MR) is 70.9 cm³/mol. The third-order valence-corrected chi connectivity index (χ3v) is 3.17. The van der Waals surface area contributed by atoms with Crippen LogP contribution in [0.15, 0.2) is 60.7 Å². The van der Waals surface area contributed by atoms with Crippen molar-refractivity contribution in [1.82, 2.24) is 4.48 Å². The molecule has 0 atom stereocenters. The maximum atomic E-state index is 12.0. The average Bonchev–Trinajstić information content (AvgIpc) is 2.39. The number of nitrogens with zero attached hydrogens (tertiary/aromatic N) is 1. The van der Waals surface area contributed by atoms with Gasteiger partial charge in [-0.15, -0.1) is 0 Å². The number of hydrogen-bond donors (Lipinski definition) is 0. The Labute approximate surface area is 102 Å². The fourth-order valence-corrected chi connectivity index (χ4v) is 1.96. The van der Waals surface area contributed by atoms with Crippen molar-refractivity contribution in [3.8, 4) is 0 Å². The molecular formula is C15H16NO+. The molecule has 2 nitrogen and oxygen atoms in total. The number of quaternary nitrogens is 1. The Morgan fingerprint density at radius 1 is 0.824 bits per heavy atom. The van der Waals surface area contributed by atoms with Crippen molar-refractivity contribution >= 4 is 17.3 Å². The van der Waals surface area contributed by atoms with E-state index in [9.17, 15) is 4.79 Å². The van der Waals surface area contributed by atoms with Gasteiger partial charge in [-0.3, -0.25) is 0 Å². The van der Waals surface area contributed by atoms with E-state index < -0.39 is 0 Å².